The van der Waals surface area contributed by atoms with Crippen LogP contribution in [0.15, 0.2) is 0 Å². The number of esters is 1. The van der Waals surface area contributed by atoms with Crippen molar-refractivity contribution in [1.29, 1.82) is 0 Å². The Balaban J connectivity index is 3.72. The summed E-state index contributed by atoms with van der Waals surface area (Å²) in [6, 6.07) is 0. The molecular formula is C10H21NO4S. The molecule has 0 aliphatic carbocycles. The molecule has 0 aromatic heterocycles. The smallest absolute Gasteiger partial charge is 0.306 e. The lowest BCUT2D eigenvalue weighted by Gasteiger charge is -2.19. The van der Waals surface area contributed by atoms with Gasteiger partial charge in [0.2, 0.25) is 10.0 Å². The molecule has 0 radical (unpaired) electrons. The third-order valence-electron chi connectivity index (χ3n) is 1.77. The molecule has 0 saturated heterocycles. The van der Waals surface area contributed by atoms with E-state index in [4.69, 9.17) is 4.74 Å². The summed E-state index contributed by atoms with van der Waals surface area (Å²) in [4.78, 5) is 11.3. The third-order valence-corrected chi connectivity index (χ3v) is 3.22. The minimum Gasteiger partial charge on any atom is -0.460 e. The van der Waals surface area contributed by atoms with Crippen LogP contribution in [0.2, 0.25) is 0 Å². The Morgan fingerprint density at radius 2 is 1.81 bits per heavy atom. The molecule has 0 spiro atoms. The Kier molecular flexibility index (Phi) is 5.96. The van der Waals surface area contributed by atoms with Gasteiger partial charge in [0.15, 0.2) is 0 Å². The molecule has 6 heteroatoms. The molecular weight excluding hydrogens is 230 g/mol. The largest absolute Gasteiger partial charge is 0.460 e. The number of nitrogens with one attached hydrogen (secondary N) is 1. The van der Waals surface area contributed by atoms with Crippen LogP contribution in [-0.2, 0) is 19.6 Å². The van der Waals surface area contributed by atoms with Gasteiger partial charge in [-0.3, -0.25) is 4.79 Å². The normalized spacial score (nSPS) is 12.5. The molecule has 16 heavy (non-hydrogen) atoms. The van der Waals surface area contributed by atoms with Gasteiger partial charge in [0, 0.05) is 6.42 Å². The standard InChI is InChI=1S/C10H21NO4S/c1-10(2,3)15-9(12)7-5-6-8-16(13,14)11-4/h11H,5-8H2,1-4H3. The van der Waals surface area contributed by atoms with Gasteiger partial charge in [-0.15, -0.1) is 0 Å². The maximum Gasteiger partial charge on any atom is 0.306 e. The molecule has 0 aromatic carbocycles. The van der Waals surface area contributed by atoms with Crippen LogP contribution >= 0.6 is 0 Å². The minimum atomic E-state index is -3.15. The number of carbonyl (C=O) groups excluding carboxylic acids is 1. The van der Waals surface area contributed by atoms with Gasteiger partial charge in [0.05, 0.1) is 5.75 Å². The fraction of sp³-hybridized carbons (Fsp3) is 0.900. The molecule has 0 unspecified atom stereocenters. The molecule has 0 heterocycles. The van der Waals surface area contributed by atoms with Crippen molar-refractivity contribution in [2.45, 2.75) is 45.6 Å². The lowest BCUT2D eigenvalue weighted by Crippen LogP contribution is -2.24. The molecule has 5 nitrogen and oxygen atoms in total. The Labute approximate surface area is 97.6 Å². The van der Waals surface area contributed by atoms with Gasteiger partial charge in [-0.1, -0.05) is 0 Å². The van der Waals surface area contributed by atoms with E-state index in [9.17, 15) is 13.2 Å². The van der Waals surface area contributed by atoms with Crippen LogP contribution in [-0.4, -0.2) is 32.8 Å². The van der Waals surface area contributed by atoms with E-state index in [2.05, 4.69) is 4.72 Å². The number of carbonyl (C=O) groups is 1. The van der Waals surface area contributed by atoms with E-state index in [1.807, 2.05) is 0 Å². The maximum absolute atomic E-state index is 11.3. The summed E-state index contributed by atoms with van der Waals surface area (Å²) in [6.45, 7) is 5.41. The zero-order chi connectivity index (χ0) is 12.8. The summed E-state index contributed by atoms with van der Waals surface area (Å²) in [5.41, 5.74) is -0.478. The van der Waals surface area contributed by atoms with Gasteiger partial charge in [0.25, 0.3) is 0 Å². The third kappa shape index (κ3) is 8.67. The van der Waals surface area contributed by atoms with Crippen molar-refractivity contribution in [1.82, 2.24) is 4.72 Å². The summed E-state index contributed by atoms with van der Waals surface area (Å²) < 4.78 is 29.4. The lowest BCUT2D eigenvalue weighted by molar-refractivity contribution is -0.154. The number of rotatable bonds is 6. The van der Waals surface area contributed by atoms with Gasteiger partial charge < -0.3 is 4.74 Å². The molecule has 0 amide bonds. The SMILES string of the molecule is CNS(=O)(=O)CCCCC(=O)OC(C)(C)C. The number of unbranched alkanes of at least 4 members (excludes halogenated alkanes) is 1. The molecule has 1 N–H and O–H groups in total. The van der Waals surface area contributed by atoms with Crippen LogP contribution in [0.3, 0.4) is 0 Å². The van der Waals surface area contributed by atoms with Crippen molar-refractivity contribution in [3.05, 3.63) is 0 Å². The van der Waals surface area contributed by atoms with Crippen molar-refractivity contribution in [3.63, 3.8) is 0 Å². The second-order valence-electron chi connectivity index (χ2n) is 4.57. The zero-order valence-corrected chi connectivity index (χ0v) is 11.2. The van der Waals surface area contributed by atoms with Crippen LogP contribution in [0.1, 0.15) is 40.0 Å². The second-order valence-corrected chi connectivity index (χ2v) is 6.61. The first-order chi connectivity index (χ1) is 7.16. The summed E-state index contributed by atoms with van der Waals surface area (Å²) >= 11 is 0. The van der Waals surface area contributed by atoms with Crippen LogP contribution < -0.4 is 4.72 Å². The number of hydrogen-bond donors (Lipinski definition) is 1. The van der Waals surface area contributed by atoms with Crippen LogP contribution in [0.5, 0.6) is 0 Å². The predicted molar refractivity (Wildman–Crippen MR) is 62.5 cm³/mol. The molecule has 0 saturated carbocycles. The van der Waals surface area contributed by atoms with Crippen LogP contribution in [0, 0.1) is 0 Å². The zero-order valence-electron chi connectivity index (χ0n) is 10.4. The van der Waals surface area contributed by atoms with E-state index in [0.717, 1.165) is 0 Å². The highest BCUT2D eigenvalue weighted by molar-refractivity contribution is 7.89. The second kappa shape index (κ2) is 6.20. The van der Waals surface area contributed by atoms with Crippen molar-refractivity contribution in [3.8, 4) is 0 Å². The molecule has 0 rings (SSSR count). The van der Waals surface area contributed by atoms with Gasteiger partial charge in [-0.2, -0.15) is 0 Å². The van der Waals surface area contributed by atoms with Crippen molar-refractivity contribution < 1.29 is 17.9 Å². The van der Waals surface area contributed by atoms with E-state index >= 15 is 0 Å². The van der Waals surface area contributed by atoms with Gasteiger partial charge in [-0.05, 0) is 40.7 Å². The van der Waals surface area contributed by atoms with E-state index in [1.54, 1.807) is 20.8 Å². The first kappa shape index (κ1) is 15.4. The summed E-state index contributed by atoms with van der Waals surface area (Å²) in [5, 5.41) is 0. The van der Waals surface area contributed by atoms with Gasteiger partial charge >= 0.3 is 5.97 Å². The molecule has 96 valence electrons. The molecule has 0 bridgehead atoms. The average Bonchev–Trinajstić information content (AvgIpc) is 2.10. The fourth-order valence-corrected chi connectivity index (χ4v) is 1.84. The Bertz CT molecular complexity index is 316. The molecule has 0 aliphatic heterocycles. The monoisotopic (exact) mass is 251 g/mol. The Hall–Kier alpha value is -0.620. The molecule has 0 aromatic rings. The van der Waals surface area contributed by atoms with Crippen LogP contribution in [0.4, 0.5) is 0 Å². The number of ether oxygens (including phenoxy) is 1. The Morgan fingerprint density at radius 3 is 2.25 bits per heavy atom. The van der Waals surface area contributed by atoms with Gasteiger partial charge in [-0.25, -0.2) is 13.1 Å². The molecule has 0 atom stereocenters. The maximum atomic E-state index is 11.3. The van der Waals surface area contributed by atoms with E-state index in [1.165, 1.54) is 7.05 Å². The summed E-state index contributed by atoms with van der Waals surface area (Å²) in [6.07, 6.45) is 1.24. The fourth-order valence-electron chi connectivity index (χ4n) is 1.06. The Morgan fingerprint density at radius 1 is 1.25 bits per heavy atom. The highest BCUT2D eigenvalue weighted by Crippen LogP contribution is 2.10. The first-order valence-corrected chi connectivity index (χ1v) is 6.94. The number of hydrogen-bond acceptors (Lipinski definition) is 4. The van der Waals surface area contributed by atoms with Crippen LogP contribution in [0.25, 0.3) is 0 Å². The van der Waals surface area contributed by atoms with E-state index in [-0.39, 0.29) is 18.1 Å². The highest BCUT2D eigenvalue weighted by atomic mass is 32.2. The van der Waals surface area contributed by atoms with E-state index in [0.29, 0.717) is 12.8 Å². The number of sulfonamides is 1. The van der Waals surface area contributed by atoms with Gasteiger partial charge in [0.1, 0.15) is 5.60 Å². The minimum absolute atomic E-state index is 0.0479. The van der Waals surface area contributed by atoms with Crippen molar-refractivity contribution in [2.75, 3.05) is 12.8 Å². The predicted octanol–water partition coefficient (Wildman–Crippen LogP) is 1.05. The first-order valence-electron chi connectivity index (χ1n) is 5.29. The highest BCUT2D eigenvalue weighted by Gasteiger charge is 2.16. The van der Waals surface area contributed by atoms with E-state index < -0.39 is 15.6 Å². The lowest BCUT2D eigenvalue weighted by atomic mass is 10.2. The summed E-state index contributed by atoms with van der Waals surface area (Å²) in [7, 11) is -1.78. The summed E-state index contributed by atoms with van der Waals surface area (Å²) in [5.74, 6) is -0.235. The topological polar surface area (TPSA) is 72.5 Å². The average molecular weight is 251 g/mol. The van der Waals surface area contributed by atoms with Crippen molar-refractivity contribution >= 4 is 16.0 Å². The van der Waals surface area contributed by atoms with Crippen molar-refractivity contribution in [2.24, 2.45) is 0 Å². The molecule has 0 fully saturated rings. The molecule has 0 aliphatic rings. The quantitative estimate of drug-likeness (QED) is 0.565.